The Labute approximate surface area is 102 Å². The average Bonchev–Trinajstić information content (AvgIpc) is 2.75. The zero-order chi connectivity index (χ0) is 12.1. The van der Waals surface area contributed by atoms with E-state index in [0.717, 1.165) is 18.8 Å². The highest BCUT2D eigenvalue weighted by Crippen LogP contribution is 2.03. The molecule has 2 aromatic rings. The Bertz CT molecular complexity index is 446. The number of benzene rings is 1. The van der Waals surface area contributed by atoms with E-state index in [4.69, 9.17) is 0 Å². The fourth-order valence-electron chi connectivity index (χ4n) is 1.67. The third-order valence-corrected chi connectivity index (χ3v) is 2.57. The molecular formula is C14H19N3. The first kappa shape index (κ1) is 11.9. The summed E-state index contributed by atoms with van der Waals surface area (Å²) >= 11 is 0. The molecule has 0 amide bonds. The molecule has 0 fully saturated rings. The SMILES string of the molecule is CC(C)NCc1ccn(Cc2ccccc2)n1. The van der Waals surface area contributed by atoms with Crippen LogP contribution in [0.2, 0.25) is 0 Å². The Balaban J connectivity index is 1.94. The van der Waals surface area contributed by atoms with Gasteiger partial charge < -0.3 is 5.32 Å². The van der Waals surface area contributed by atoms with Crippen LogP contribution in [0.3, 0.4) is 0 Å². The minimum absolute atomic E-state index is 0.495. The van der Waals surface area contributed by atoms with Gasteiger partial charge in [-0.05, 0) is 11.6 Å². The van der Waals surface area contributed by atoms with Gasteiger partial charge in [0.25, 0.3) is 0 Å². The van der Waals surface area contributed by atoms with Gasteiger partial charge in [-0.2, -0.15) is 5.10 Å². The van der Waals surface area contributed by atoms with E-state index < -0.39 is 0 Å². The summed E-state index contributed by atoms with van der Waals surface area (Å²) in [6.07, 6.45) is 2.03. The molecular weight excluding hydrogens is 210 g/mol. The number of aromatic nitrogens is 2. The first-order chi connectivity index (χ1) is 8.24. The van der Waals surface area contributed by atoms with Crippen LogP contribution in [0.5, 0.6) is 0 Å². The molecule has 1 aromatic carbocycles. The topological polar surface area (TPSA) is 29.9 Å². The molecule has 0 bridgehead atoms. The monoisotopic (exact) mass is 229 g/mol. The maximum Gasteiger partial charge on any atom is 0.0762 e. The highest BCUT2D eigenvalue weighted by atomic mass is 15.3. The van der Waals surface area contributed by atoms with Gasteiger partial charge in [0.1, 0.15) is 0 Å². The fraction of sp³-hybridized carbons (Fsp3) is 0.357. The van der Waals surface area contributed by atoms with Gasteiger partial charge in [0, 0.05) is 18.8 Å². The molecule has 0 saturated heterocycles. The largest absolute Gasteiger partial charge is 0.309 e. The van der Waals surface area contributed by atoms with Crippen molar-refractivity contribution < 1.29 is 0 Å². The molecule has 1 heterocycles. The molecule has 0 aliphatic carbocycles. The van der Waals surface area contributed by atoms with E-state index in [0.29, 0.717) is 6.04 Å². The van der Waals surface area contributed by atoms with E-state index in [9.17, 15) is 0 Å². The first-order valence-corrected chi connectivity index (χ1v) is 6.03. The van der Waals surface area contributed by atoms with Crippen LogP contribution in [0.4, 0.5) is 0 Å². The Morgan fingerprint density at radius 2 is 1.94 bits per heavy atom. The molecule has 0 aliphatic rings. The van der Waals surface area contributed by atoms with Gasteiger partial charge in [-0.15, -0.1) is 0 Å². The summed E-state index contributed by atoms with van der Waals surface area (Å²) in [4.78, 5) is 0. The van der Waals surface area contributed by atoms with Crippen molar-refractivity contribution in [2.45, 2.75) is 33.0 Å². The van der Waals surface area contributed by atoms with Gasteiger partial charge in [-0.1, -0.05) is 44.2 Å². The quantitative estimate of drug-likeness (QED) is 0.853. The molecule has 90 valence electrons. The second kappa shape index (κ2) is 5.64. The van der Waals surface area contributed by atoms with E-state index in [1.54, 1.807) is 0 Å². The van der Waals surface area contributed by atoms with Crippen LogP contribution in [-0.4, -0.2) is 15.8 Å². The van der Waals surface area contributed by atoms with Crippen LogP contribution in [0.25, 0.3) is 0 Å². The summed E-state index contributed by atoms with van der Waals surface area (Å²) in [6, 6.07) is 12.9. The molecule has 3 heteroatoms. The van der Waals surface area contributed by atoms with Crippen molar-refractivity contribution in [2.75, 3.05) is 0 Å². The highest BCUT2D eigenvalue weighted by molar-refractivity contribution is 5.15. The maximum atomic E-state index is 4.53. The zero-order valence-corrected chi connectivity index (χ0v) is 10.4. The van der Waals surface area contributed by atoms with E-state index >= 15 is 0 Å². The summed E-state index contributed by atoms with van der Waals surface area (Å²) in [5, 5.41) is 7.89. The molecule has 3 nitrogen and oxygen atoms in total. The molecule has 17 heavy (non-hydrogen) atoms. The molecule has 2 rings (SSSR count). The lowest BCUT2D eigenvalue weighted by Gasteiger charge is -2.05. The molecule has 1 aromatic heterocycles. The molecule has 0 saturated carbocycles. The molecule has 0 atom stereocenters. The lowest BCUT2D eigenvalue weighted by Crippen LogP contribution is -2.22. The molecule has 0 spiro atoms. The van der Waals surface area contributed by atoms with Gasteiger partial charge in [0.15, 0.2) is 0 Å². The van der Waals surface area contributed by atoms with Crippen molar-refractivity contribution in [3.63, 3.8) is 0 Å². The third kappa shape index (κ3) is 3.71. The maximum absolute atomic E-state index is 4.53. The standard InChI is InChI=1S/C14H19N3/c1-12(2)15-10-14-8-9-17(16-14)11-13-6-4-3-5-7-13/h3-9,12,15H,10-11H2,1-2H3. The van der Waals surface area contributed by atoms with Crippen molar-refractivity contribution in [1.82, 2.24) is 15.1 Å². The molecule has 0 radical (unpaired) electrons. The number of nitrogens with zero attached hydrogens (tertiary/aromatic N) is 2. The summed E-state index contributed by atoms with van der Waals surface area (Å²) < 4.78 is 1.98. The van der Waals surface area contributed by atoms with E-state index in [1.165, 1.54) is 5.56 Å². The van der Waals surface area contributed by atoms with Gasteiger partial charge >= 0.3 is 0 Å². The Kier molecular flexibility index (Phi) is 3.94. The van der Waals surface area contributed by atoms with Crippen LogP contribution in [-0.2, 0) is 13.1 Å². The van der Waals surface area contributed by atoms with Gasteiger partial charge in [0.2, 0.25) is 0 Å². The predicted octanol–water partition coefficient (Wildman–Crippen LogP) is 2.43. The Hall–Kier alpha value is -1.61. The third-order valence-electron chi connectivity index (χ3n) is 2.57. The van der Waals surface area contributed by atoms with E-state index in [-0.39, 0.29) is 0 Å². The number of nitrogens with one attached hydrogen (secondary N) is 1. The summed E-state index contributed by atoms with van der Waals surface area (Å²) in [7, 11) is 0. The Morgan fingerprint density at radius 3 is 2.65 bits per heavy atom. The van der Waals surface area contributed by atoms with Gasteiger partial charge in [-0.25, -0.2) is 0 Å². The minimum Gasteiger partial charge on any atom is -0.309 e. The average molecular weight is 229 g/mol. The second-order valence-electron chi connectivity index (χ2n) is 4.53. The van der Waals surface area contributed by atoms with Crippen molar-refractivity contribution in [1.29, 1.82) is 0 Å². The first-order valence-electron chi connectivity index (χ1n) is 6.03. The molecule has 1 N–H and O–H groups in total. The lowest BCUT2D eigenvalue weighted by molar-refractivity contribution is 0.570. The number of hydrogen-bond donors (Lipinski definition) is 1. The fourth-order valence-corrected chi connectivity index (χ4v) is 1.67. The Morgan fingerprint density at radius 1 is 1.18 bits per heavy atom. The van der Waals surface area contributed by atoms with Gasteiger partial charge in [0.05, 0.1) is 12.2 Å². The van der Waals surface area contributed by atoms with Crippen LogP contribution in [0.15, 0.2) is 42.6 Å². The lowest BCUT2D eigenvalue weighted by atomic mass is 10.2. The number of hydrogen-bond acceptors (Lipinski definition) is 2. The highest BCUT2D eigenvalue weighted by Gasteiger charge is 2.00. The van der Waals surface area contributed by atoms with Crippen molar-refractivity contribution >= 4 is 0 Å². The molecule has 0 unspecified atom stereocenters. The van der Waals surface area contributed by atoms with Crippen molar-refractivity contribution in [2.24, 2.45) is 0 Å². The molecule has 0 aliphatic heterocycles. The van der Waals surface area contributed by atoms with Crippen LogP contribution >= 0.6 is 0 Å². The van der Waals surface area contributed by atoms with Crippen molar-refractivity contribution in [3.8, 4) is 0 Å². The minimum atomic E-state index is 0.495. The van der Waals surface area contributed by atoms with Gasteiger partial charge in [-0.3, -0.25) is 4.68 Å². The summed E-state index contributed by atoms with van der Waals surface area (Å²) in [5.41, 5.74) is 2.37. The van der Waals surface area contributed by atoms with E-state index in [2.05, 4.69) is 54.6 Å². The van der Waals surface area contributed by atoms with E-state index in [1.807, 2.05) is 16.9 Å². The van der Waals surface area contributed by atoms with Crippen LogP contribution in [0, 0.1) is 0 Å². The predicted molar refractivity (Wildman–Crippen MR) is 69.7 cm³/mol. The smallest absolute Gasteiger partial charge is 0.0762 e. The number of rotatable bonds is 5. The second-order valence-corrected chi connectivity index (χ2v) is 4.53. The normalized spacial score (nSPS) is 11.0. The summed E-state index contributed by atoms with van der Waals surface area (Å²) in [6.45, 7) is 5.95. The summed E-state index contributed by atoms with van der Waals surface area (Å²) in [5.74, 6) is 0. The zero-order valence-electron chi connectivity index (χ0n) is 10.4. The van der Waals surface area contributed by atoms with Crippen LogP contribution in [0.1, 0.15) is 25.1 Å². The van der Waals surface area contributed by atoms with Crippen molar-refractivity contribution in [3.05, 3.63) is 53.9 Å². The van der Waals surface area contributed by atoms with Crippen LogP contribution < -0.4 is 5.32 Å².